The largest absolute Gasteiger partial charge is 0.481 e. The second kappa shape index (κ2) is 5.32. The van der Waals surface area contributed by atoms with Gasteiger partial charge in [-0.2, -0.15) is 0 Å². The number of likely N-dealkylation sites (tertiary alicyclic amines) is 1. The monoisotopic (exact) mass is 233 g/mol. The summed E-state index contributed by atoms with van der Waals surface area (Å²) in [6, 6.07) is 10.8. The standard InChI is InChI=1S/C14H19NO2/c1-11(12-5-3-2-4-6-12)15-9-7-13(8-10-15)14(16)17/h2-6,11,13H,7-10H2,1H3,(H,16,17). The first-order valence-corrected chi connectivity index (χ1v) is 6.20. The van der Waals surface area contributed by atoms with Crippen LogP contribution in [-0.2, 0) is 4.79 Å². The van der Waals surface area contributed by atoms with E-state index in [0.29, 0.717) is 6.04 Å². The summed E-state index contributed by atoms with van der Waals surface area (Å²) < 4.78 is 0. The number of rotatable bonds is 3. The Morgan fingerprint density at radius 2 is 1.88 bits per heavy atom. The van der Waals surface area contributed by atoms with Gasteiger partial charge in [0, 0.05) is 6.04 Å². The number of piperidine rings is 1. The molecule has 0 radical (unpaired) electrons. The van der Waals surface area contributed by atoms with Gasteiger partial charge >= 0.3 is 5.97 Å². The number of carboxylic acids is 1. The van der Waals surface area contributed by atoms with Gasteiger partial charge in [-0.05, 0) is 38.4 Å². The molecule has 0 aliphatic carbocycles. The summed E-state index contributed by atoms with van der Waals surface area (Å²) in [5, 5.41) is 8.96. The Hall–Kier alpha value is -1.35. The molecule has 1 N–H and O–H groups in total. The molecule has 1 fully saturated rings. The molecule has 0 saturated carbocycles. The molecule has 1 aromatic rings. The van der Waals surface area contributed by atoms with Crippen molar-refractivity contribution in [3.05, 3.63) is 35.9 Å². The van der Waals surface area contributed by atoms with Gasteiger partial charge in [-0.3, -0.25) is 9.69 Å². The summed E-state index contributed by atoms with van der Waals surface area (Å²) in [6.07, 6.45) is 1.54. The van der Waals surface area contributed by atoms with Crippen LogP contribution in [0.5, 0.6) is 0 Å². The number of aliphatic carboxylic acids is 1. The van der Waals surface area contributed by atoms with E-state index >= 15 is 0 Å². The number of carbonyl (C=O) groups is 1. The zero-order valence-corrected chi connectivity index (χ0v) is 10.2. The van der Waals surface area contributed by atoms with Crippen LogP contribution in [0, 0.1) is 5.92 Å². The molecule has 1 unspecified atom stereocenters. The van der Waals surface area contributed by atoms with E-state index in [2.05, 4.69) is 36.1 Å². The lowest BCUT2D eigenvalue weighted by molar-refractivity contribution is -0.143. The molecule has 0 spiro atoms. The average Bonchev–Trinajstić information content (AvgIpc) is 2.39. The SMILES string of the molecule is CC(c1ccccc1)N1CCC(C(=O)O)CC1. The lowest BCUT2D eigenvalue weighted by Crippen LogP contribution is -2.37. The minimum absolute atomic E-state index is 0.144. The fourth-order valence-electron chi connectivity index (χ4n) is 2.48. The van der Waals surface area contributed by atoms with Crippen LogP contribution in [0.3, 0.4) is 0 Å². The molecule has 1 atom stereocenters. The second-order valence-corrected chi connectivity index (χ2v) is 4.74. The van der Waals surface area contributed by atoms with Crippen molar-refractivity contribution in [3.8, 4) is 0 Å². The van der Waals surface area contributed by atoms with Gasteiger partial charge in [-0.1, -0.05) is 30.3 Å². The van der Waals surface area contributed by atoms with Crippen molar-refractivity contribution in [2.24, 2.45) is 5.92 Å². The van der Waals surface area contributed by atoms with E-state index in [-0.39, 0.29) is 5.92 Å². The molecule has 0 bridgehead atoms. The summed E-state index contributed by atoms with van der Waals surface area (Å²) in [7, 11) is 0. The fourth-order valence-corrected chi connectivity index (χ4v) is 2.48. The molecule has 3 heteroatoms. The Labute approximate surface area is 102 Å². The lowest BCUT2D eigenvalue weighted by atomic mass is 9.95. The smallest absolute Gasteiger partial charge is 0.306 e. The first-order valence-electron chi connectivity index (χ1n) is 6.20. The third-order valence-electron chi connectivity index (χ3n) is 3.71. The van der Waals surface area contributed by atoms with Gasteiger partial charge in [0.25, 0.3) is 0 Å². The maximum atomic E-state index is 10.9. The highest BCUT2D eigenvalue weighted by molar-refractivity contribution is 5.70. The molecule has 92 valence electrons. The van der Waals surface area contributed by atoms with Crippen LogP contribution in [0.15, 0.2) is 30.3 Å². The van der Waals surface area contributed by atoms with Crippen molar-refractivity contribution in [2.45, 2.75) is 25.8 Å². The lowest BCUT2D eigenvalue weighted by Gasteiger charge is -2.34. The van der Waals surface area contributed by atoms with E-state index in [4.69, 9.17) is 5.11 Å². The third-order valence-corrected chi connectivity index (χ3v) is 3.71. The van der Waals surface area contributed by atoms with Crippen molar-refractivity contribution >= 4 is 5.97 Å². The maximum Gasteiger partial charge on any atom is 0.306 e. The van der Waals surface area contributed by atoms with E-state index < -0.39 is 5.97 Å². The maximum absolute atomic E-state index is 10.9. The van der Waals surface area contributed by atoms with E-state index in [1.165, 1.54) is 5.56 Å². The highest BCUT2D eigenvalue weighted by Crippen LogP contribution is 2.26. The first-order chi connectivity index (χ1) is 8.18. The molecule has 3 nitrogen and oxygen atoms in total. The van der Waals surface area contributed by atoms with Crippen LogP contribution in [0.1, 0.15) is 31.4 Å². The summed E-state index contributed by atoms with van der Waals surface area (Å²) >= 11 is 0. The molecule has 1 aliphatic heterocycles. The number of hydrogen-bond donors (Lipinski definition) is 1. The molecule has 0 amide bonds. The number of benzene rings is 1. The minimum atomic E-state index is -0.642. The van der Waals surface area contributed by atoms with E-state index in [0.717, 1.165) is 25.9 Å². The van der Waals surface area contributed by atoms with Crippen molar-refractivity contribution in [1.82, 2.24) is 4.90 Å². The van der Waals surface area contributed by atoms with Gasteiger partial charge in [0.2, 0.25) is 0 Å². The molecule has 0 aromatic heterocycles. The highest BCUT2D eigenvalue weighted by atomic mass is 16.4. The minimum Gasteiger partial charge on any atom is -0.481 e. The molecular formula is C14H19NO2. The van der Waals surface area contributed by atoms with Gasteiger partial charge in [-0.15, -0.1) is 0 Å². The average molecular weight is 233 g/mol. The van der Waals surface area contributed by atoms with Crippen molar-refractivity contribution < 1.29 is 9.90 Å². The van der Waals surface area contributed by atoms with Crippen LogP contribution >= 0.6 is 0 Å². The Balaban J connectivity index is 1.95. The second-order valence-electron chi connectivity index (χ2n) is 4.74. The normalized spacial score (nSPS) is 20.1. The topological polar surface area (TPSA) is 40.5 Å². The van der Waals surface area contributed by atoms with E-state index in [9.17, 15) is 4.79 Å². The van der Waals surface area contributed by atoms with Gasteiger partial charge in [-0.25, -0.2) is 0 Å². The predicted molar refractivity (Wildman–Crippen MR) is 66.8 cm³/mol. The van der Waals surface area contributed by atoms with Gasteiger partial charge < -0.3 is 5.11 Å². The third kappa shape index (κ3) is 2.86. The van der Waals surface area contributed by atoms with Crippen LogP contribution in [0.4, 0.5) is 0 Å². The molecule has 1 heterocycles. The molecule has 1 aromatic carbocycles. The molecular weight excluding hydrogens is 214 g/mol. The molecule has 1 saturated heterocycles. The number of carboxylic acid groups (broad SMARTS) is 1. The Morgan fingerprint density at radius 1 is 1.29 bits per heavy atom. The quantitative estimate of drug-likeness (QED) is 0.872. The van der Waals surface area contributed by atoms with Crippen molar-refractivity contribution in [3.63, 3.8) is 0 Å². The molecule has 1 aliphatic rings. The summed E-state index contributed by atoms with van der Waals surface area (Å²) in [5.74, 6) is -0.786. The van der Waals surface area contributed by atoms with E-state index in [1.54, 1.807) is 0 Å². The Morgan fingerprint density at radius 3 is 2.41 bits per heavy atom. The van der Waals surface area contributed by atoms with Gasteiger partial charge in [0.15, 0.2) is 0 Å². The molecule has 17 heavy (non-hydrogen) atoms. The van der Waals surface area contributed by atoms with Gasteiger partial charge in [0.1, 0.15) is 0 Å². The highest BCUT2D eigenvalue weighted by Gasteiger charge is 2.27. The number of nitrogens with zero attached hydrogens (tertiary/aromatic N) is 1. The summed E-state index contributed by atoms with van der Waals surface area (Å²) in [6.45, 7) is 3.95. The van der Waals surface area contributed by atoms with E-state index in [1.807, 2.05) is 6.07 Å². The van der Waals surface area contributed by atoms with Gasteiger partial charge in [0.05, 0.1) is 5.92 Å². The Kier molecular flexibility index (Phi) is 3.79. The van der Waals surface area contributed by atoms with Crippen molar-refractivity contribution in [2.75, 3.05) is 13.1 Å². The Bertz CT molecular complexity index is 369. The van der Waals surface area contributed by atoms with Crippen LogP contribution in [-0.4, -0.2) is 29.1 Å². The molecule has 2 rings (SSSR count). The fraction of sp³-hybridized carbons (Fsp3) is 0.500. The van der Waals surface area contributed by atoms with Crippen LogP contribution in [0.25, 0.3) is 0 Å². The predicted octanol–water partition coefficient (Wildman–Crippen LogP) is 2.54. The van der Waals surface area contributed by atoms with Crippen LogP contribution in [0.2, 0.25) is 0 Å². The van der Waals surface area contributed by atoms with Crippen LogP contribution < -0.4 is 0 Å². The zero-order valence-electron chi connectivity index (χ0n) is 10.2. The van der Waals surface area contributed by atoms with Crippen molar-refractivity contribution in [1.29, 1.82) is 0 Å². The summed E-state index contributed by atoms with van der Waals surface area (Å²) in [5.41, 5.74) is 1.31. The number of hydrogen-bond acceptors (Lipinski definition) is 2. The zero-order chi connectivity index (χ0) is 12.3. The first kappa shape index (κ1) is 12.1. The summed E-state index contributed by atoms with van der Waals surface area (Å²) in [4.78, 5) is 13.3.